The van der Waals surface area contributed by atoms with Crippen molar-refractivity contribution in [1.82, 2.24) is 9.36 Å². The maximum atomic E-state index is 11.9. The zero-order valence-corrected chi connectivity index (χ0v) is 10.6. The summed E-state index contributed by atoms with van der Waals surface area (Å²) in [6.07, 6.45) is 0. The van der Waals surface area contributed by atoms with Gasteiger partial charge in [-0.15, -0.1) is 0 Å². The summed E-state index contributed by atoms with van der Waals surface area (Å²) in [7, 11) is 0. The highest BCUT2D eigenvalue weighted by atomic mass is 32.1. The molecule has 0 aliphatic carbocycles. The summed E-state index contributed by atoms with van der Waals surface area (Å²) in [6.45, 7) is 1.69. The number of hydrogen-bond acceptors (Lipinski definition) is 7. The molecular weight excluding hydrogens is 270 g/mol. The third kappa shape index (κ3) is 2.65. The molecule has 1 aromatic carbocycles. The van der Waals surface area contributed by atoms with E-state index >= 15 is 0 Å². The number of benzene rings is 1. The van der Waals surface area contributed by atoms with Crippen LogP contribution in [0.5, 0.6) is 0 Å². The molecule has 0 saturated carbocycles. The molecule has 0 aliphatic heterocycles. The minimum absolute atomic E-state index is 0.0297. The summed E-state index contributed by atoms with van der Waals surface area (Å²) in [5.74, 6) is -0.0235. The molecule has 1 amide bonds. The third-order valence-corrected chi connectivity index (χ3v) is 2.99. The van der Waals surface area contributed by atoms with Crippen molar-refractivity contribution in [2.75, 3.05) is 11.1 Å². The lowest BCUT2D eigenvalue weighted by atomic mass is 10.1. The average Bonchev–Trinajstić information content (AvgIpc) is 2.74. The van der Waals surface area contributed by atoms with Crippen molar-refractivity contribution in [3.8, 4) is 0 Å². The Bertz CT molecular complexity index is 654. The number of nitrogen functional groups attached to an aromatic ring is 1. The second kappa shape index (κ2) is 4.98. The highest BCUT2D eigenvalue weighted by molar-refractivity contribution is 7.09. The van der Waals surface area contributed by atoms with Gasteiger partial charge in [-0.1, -0.05) is 6.07 Å². The van der Waals surface area contributed by atoms with Crippen LogP contribution in [0.25, 0.3) is 0 Å². The van der Waals surface area contributed by atoms with E-state index in [0.29, 0.717) is 11.0 Å². The SMILES string of the molecule is Cc1nsc(NC(=O)c2cccc([N+](=O)[O-])c2N)n1. The van der Waals surface area contributed by atoms with Gasteiger partial charge in [0.2, 0.25) is 5.13 Å². The summed E-state index contributed by atoms with van der Waals surface area (Å²) in [4.78, 5) is 26.0. The first-order valence-electron chi connectivity index (χ1n) is 5.13. The Hall–Kier alpha value is -2.55. The normalized spacial score (nSPS) is 10.2. The number of para-hydroxylation sites is 1. The fourth-order valence-corrected chi connectivity index (χ4v) is 1.99. The standard InChI is InChI=1S/C10H9N5O3S/c1-5-12-10(19-14-5)13-9(16)6-3-2-4-7(8(6)11)15(17)18/h2-4H,11H2,1H3,(H,12,13,14,16). The van der Waals surface area contributed by atoms with Gasteiger partial charge in [-0.2, -0.15) is 4.37 Å². The number of amides is 1. The van der Waals surface area contributed by atoms with Crippen LogP contribution in [0.4, 0.5) is 16.5 Å². The first kappa shape index (κ1) is 12.9. The molecule has 0 fully saturated rings. The number of aromatic nitrogens is 2. The number of anilines is 2. The molecule has 19 heavy (non-hydrogen) atoms. The maximum absolute atomic E-state index is 11.9. The van der Waals surface area contributed by atoms with Gasteiger partial charge >= 0.3 is 0 Å². The highest BCUT2D eigenvalue weighted by Gasteiger charge is 2.19. The quantitative estimate of drug-likeness (QED) is 0.499. The molecular formula is C10H9N5O3S. The molecule has 3 N–H and O–H groups in total. The summed E-state index contributed by atoms with van der Waals surface area (Å²) >= 11 is 1.02. The van der Waals surface area contributed by atoms with Gasteiger partial charge in [0.05, 0.1) is 10.5 Å². The van der Waals surface area contributed by atoms with Gasteiger partial charge < -0.3 is 5.73 Å². The van der Waals surface area contributed by atoms with E-state index in [2.05, 4.69) is 14.7 Å². The van der Waals surface area contributed by atoms with Crippen molar-refractivity contribution < 1.29 is 9.72 Å². The molecule has 1 aromatic heterocycles. The fraction of sp³-hybridized carbons (Fsp3) is 0.100. The Morgan fingerprint density at radius 2 is 2.26 bits per heavy atom. The molecule has 0 spiro atoms. The van der Waals surface area contributed by atoms with Crippen molar-refractivity contribution in [1.29, 1.82) is 0 Å². The number of nitrogens with zero attached hydrogens (tertiary/aromatic N) is 3. The Morgan fingerprint density at radius 3 is 2.84 bits per heavy atom. The van der Waals surface area contributed by atoms with E-state index in [1.165, 1.54) is 18.2 Å². The smallest absolute Gasteiger partial charge is 0.292 e. The average molecular weight is 279 g/mol. The van der Waals surface area contributed by atoms with E-state index in [-0.39, 0.29) is 16.9 Å². The third-order valence-electron chi connectivity index (χ3n) is 2.27. The summed E-state index contributed by atoms with van der Waals surface area (Å²) in [5, 5.41) is 13.5. The van der Waals surface area contributed by atoms with Crippen molar-refractivity contribution in [2.45, 2.75) is 6.92 Å². The van der Waals surface area contributed by atoms with Gasteiger partial charge in [0.1, 0.15) is 11.5 Å². The van der Waals surface area contributed by atoms with Crippen LogP contribution in [0.3, 0.4) is 0 Å². The zero-order valence-electron chi connectivity index (χ0n) is 9.78. The van der Waals surface area contributed by atoms with Crippen LogP contribution in [0, 0.1) is 17.0 Å². The van der Waals surface area contributed by atoms with Crippen molar-refractivity contribution in [3.63, 3.8) is 0 Å². The lowest BCUT2D eigenvalue weighted by Crippen LogP contribution is -2.14. The molecule has 8 nitrogen and oxygen atoms in total. The molecule has 2 aromatic rings. The van der Waals surface area contributed by atoms with E-state index in [0.717, 1.165) is 11.5 Å². The predicted molar refractivity (Wildman–Crippen MR) is 70.1 cm³/mol. The van der Waals surface area contributed by atoms with Crippen LogP contribution in [-0.2, 0) is 0 Å². The van der Waals surface area contributed by atoms with E-state index in [1.807, 2.05) is 0 Å². The summed E-state index contributed by atoms with van der Waals surface area (Å²) in [6, 6.07) is 4.04. The van der Waals surface area contributed by atoms with Gasteiger partial charge in [0.15, 0.2) is 0 Å². The minimum atomic E-state index is -0.638. The van der Waals surface area contributed by atoms with Gasteiger partial charge in [0.25, 0.3) is 11.6 Å². The number of nitrogens with two attached hydrogens (primary N) is 1. The Balaban J connectivity index is 2.29. The number of carbonyl (C=O) groups is 1. The van der Waals surface area contributed by atoms with Crippen molar-refractivity contribution in [2.24, 2.45) is 0 Å². The molecule has 9 heteroatoms. The summed E-state index contributed by atoms with van der Waals surface area (Å²) < 4.78 is 3.91. The summed E-state index contributed by atoms with van der Waals surface area (Å²) in [5.41, 5.74) is 5.16. The monoisotopic (exact) mass is 279 g/mol. The second-order valence-corrected chi connectivity index (χ2v) is 4.35. The number of nitro groups is 1. The first-order valence-corrected chi connectivity index (χ1v) is 5.91. The van der Waals surface area contributed by atoms with E-state index in [9.17, 15) is 14.9 Å². The van der Waals surface area contributed by atoms with E-state index in [4.69, 9.17) is 5.73 Å². The number of aryl methyl sites for hydroxylation is 1. The number of carbonyl (C=O) groups excluding carboxylic acids is 1. The van der Waals surface area contributed by atoms with Crippen molar-refractivity contribution in [3.05, 3.63) is 39.7 Å². The largest absolute Gasteiger partial charge is 0.393 e. The lowest BCUT2D eigenvalue weighted by molar-refractivity contribution is -0.383. The molecule has 0 radical (unpaired) electrons. The van der Waals surface area contributed by atoms with Gasteiger partial charge in [-0.3, -0.25) is 20.2 Å². The van der Waals surface area contributed by atoms with Crippen LogP contribution in [-0.4, -0.2) is 20.2 Å². The molecule has 98 valence electrons. The Kier molecular flexibility index (Phi) is 3.38. The molecule has 0 unspecified atom stereocenters. The molecule has 0 saturated heterocycles. The van der Waals surface area contributed by atoms with Crippen LogP contribution < -0.4 is 11.1 Å². The zero-order chi connectivity index (χ0) is 14.0. The Morgan fingerprint density at radius 1 is 1.53 bits per heavy atom. The number of hydrogen-bond donors (Lipinski definition) is 2. The number of nitrogens with one attached hydrogen (secondary N) is 1. The van der Waals surface area contributed by atoms with Crippen molar-refractivity contribution >= 4 is 33.9 Å². The van der Waals surface area contributed by atoms with Crippen LogP contribution in [0.15, 0.2) is 18.2 Å². The molecule has 1 heterocycles. The molecule has 0 atom stereocenters. The van der Waals surface area contributed by atoms with Gasteiger partial charge in [-0.05, 0) is 13.0 Å². The Labute approximate surface area is 111 Å². The van der Waals surface area contributed by atoms with Crippen LogP contribution in [0.1, 0.15) is 16.2 Å². The lowest BCUT2D eigenvalue weighted by Gasteiger charge is -2.05. The van der Waals surface area contributed by atoms with Gasteiger partial charge in [-0.25, -0.2) is 4.98 Å². The van der Waals surface area contributed by atoms with E-state index in [1.54, 1.807) is 6.92 Å². The highest BCUT2D eigenvalue weighted by Crippen LogP contribution is 2.25. The van der Waals surface area contributed by atoms with E-state index < -0.39 is 10.8 Å². The minimum Gasteiger partial charge on any atom is -0.393 e. The second-order valence-electron chi connectivity index (χ2n) is 3.60. The van der Waals surface area contributed by atoms with Crippen LogP contribution >= 0.6 is 11.5 Å². The molecule has 0 aliphatic rings. The first-order chi connectivity index (χ1) is 8.99. The number of nitro benzene ring substituents is 1. The maximum Gasteiger partial charge on any atom is 0.292 e. The number of rotatable bonds is 3. The topological polar surface area (TPSA) is 124 Å². The fourth-order valence-electron chi connectivity index (χ4n) is 1.42. The predicted octanol–water partition coefficient (Wildman–Crippen LogP) is 1.59. The molecule has 2 rings (SSSR count). The van der Waals surface area contributed by atoms with Crippen LogP contribution in [0.2, 0.25) is 0 Å². The molecule has 0 bridgehead atoms. The van der Waals surface area contributed by atoms with Gasteiger partial charge in [0, 0.05) is 17.6 Å².